The highest BCUT2D eigenvalue weighted by Crippen LogP contribution is 2.17. The largest absolute Gasteiger partial charge is 0.295 e. The van der Waals surface area contributed by atoms with E-state index in [-0.39, 0.29) is 0 Å². The summed E-state index contributed by atoms with van der Waals surface area (Å²) in [6.45, 7) is 1.56. The highest BCUT2D eigenvalue weighted by Gasteiger charge is 2.12. The monoisotopic (exact) mass is 361 g/mol. The molecule has 0 aliphatic carbocycles. The van der Waals surface area contributed by atoms with E-state index in [4.69, 9.17) is 0 Å². The fraction of sp³-hybridized carbons (Fsp3) is 0.150. The van der Waals surface area contributed by atoms with Gasteiger partial charge in [-0.15, -0.1) is 10.2 Å². The molecular weight excluding hydrogens is 342 g/mol. The van der Waals surface area contributed by atoms with E-state index < -0.39 is 0 Å². The standard InChI is InChI=1S/C20H19N5S/c1-24(14-17-10-6-3-7-11-17)15-18-21-22-20-25(18)23-19(26-20)13-12-16-8-4-2-5-9-16/h2-13H,14-15H2,1H3. The van der Waals surface area contributed by atoms with Gasteiger partial charge in [0.25, 0.3) is 0 Å². The van der Waals surface area contributed by atoms with Crippen LogP contribution in [0.2, 0.25) is 0 Å². The van der Waals surface area contributed by atoms with Crippen molar-refractivity contribution in [3.05, 3.63) is 82.6 Å². The normalized spacial score (nSPS) is 11.8. The van der Waals surface area contributed by atoms with Crippen molar-refractivity contribution in [1.82, 2.24) is 24.7 Å². The van der Waals surface area contributed by atoms with E-state index in [1.165, 1.54) is 5.56 Å². The van der Waals surface area contributed by atoms with Gasteiger partial charge in [0.15, 0.2) is 5.82 Å². The first kappa shape index (κ1) is 16.6. The van der Waals surface area contributed by atoms with E-state index in [0.29, 0.717) is 6.54 Å². The molecule has 2 aromatic carbocycles. The fourth-order valence-electron chi connectivity index (χ4n) is 2.76. The lowest BCUT2D eigenvalue weighted by atomic mass is 10.2. The molecule has 26 heavy (non-hydrogen) atoms. The molecule has 2 heterocycles. The highest BCUT2D eigenvalue weighted by molar-refractivity contribution is 7.17. The highest BCUT2D eigenvalue weighted by atomic mass is 32.1. The smallest absolute Gasteiger partial charge is 0.235 e. The molecule has 0 amide bonds. The Kier molecular flexibility index (Phi) is 4.86. The van der Waals surface area contributed by atoms with Gasteiger partial charge < -0.3 is 0 Å². The van der Waals surface area contributed by atoms with Crippen molar-refractivity contribution in [3.63, 3.8) is 0 Å². The number of fused-ring (bicyclic) bond motifs is 1. The maximum atomic E-state index is 4.64. The van der Waals surface area contributed by atoms with Gasteiger partial charge >= 0.3 is 0 Å². The fourth-order valence-corrected chi connectivity index (χ4v) is 3.52. The minimum Gasteiger partial charge on any atom is -0.295 e. The molecule has 2 aromatic heterocycles. The van der Waals surface area contributed by atoms with Crippen molar-refractivity contribution in [2.45, 2.75) is 13.1 Å². The van der Waals surface area contributed by atoms with Crippen molar-refractivity contribution < 1.29 is 0 Å². The van der Waals surface area contributed by atoms with Crippen molar-refractivity contribution >= 4 is 28.4 Å². The summed E-state index contributed by atoms with van der Waals surface area (Å²) in [6.07, 6.45) is 4.08. The van der Waals surface area contributed by atoms with E-state index in [2.05, 4.69) is 69.7 Å². The summed E-state index contributed by atoms with van der Waals surface area (Å²) in [5, 5.41) is 14.1. The SMILES string of the molecule is CN(Cc1ccccc1)Cc1nnc2sc(C=Cc3ccccc3)nn12. The number of rotatable bonds is 6. The first-order valence-electron chi connectivity index (χ1n) is 8.45. The van der Waals surface area contributed by atoms with Crippen molar-refractivity contribution in [3.8, 4) is 0 Å². The summed E-state index contributed by atoms with van der Waals surface area (Å²) < 4.78 is 1.84. The molecule has 0 atom stereocenters. The van der Waals surface area contributed by atoms with Gasteiger partial charge in [0.2, 0.25) is 4.96 Å². The van der Waals surface area contributed by atoms with E-state index >= 15 is 0 Å². The van der Waals surface area contributed by atoms with Gasteiger partial charge in [0.1, 0.15) is 5.01 Å². The molecule has 0 saturated heterocycles. The number of aromatic nitrogens is 4. The van der Waals surface area contributed by atoms with Crippen LogP contribution in [0.5, 0.6) is 0 Å². The second-order valence-corrected chi connectivity index (χ2v) is 7.14. The molecule has 0 N–H and O–H groups in total. The van der Waals surface area contributed by atoms with Gasteiger partial charge in [-0.25, -0.2) is 0 Å². The molecule has 0 bridgehead atoms. The summed E-state index contributed by atoms with van der Waals surface area (Å²) >= 11 is 1.54. The summed E-state index contributed by atoms with van der Waals surface area (Å²) in [6, 6.07) is 20.6. The molecular formula is C20H19N5S. The van der Waals surface area contributed by atoms with E-state index in [0.717, 1.165) is 27.9 Å². The maximum absolute atomic E-state index is 4.64. The van der Waals surface area contributed by atoms with Crippen LogP contribution in [0.15, 0.2) is 60.7 Å². The predicted molar refractivity (Wildman–Crippen MR) is 106 cm³/mol. The Morgan fingerprint density at radius 1 is 0.923 bits per heavy atom. The Labute approximate surface area is 156 Å². The van der Waals surface area contributed by atoms with Gasteiger partial charge in [-0.3, -0.25) is 4.90 Å². The molecule has 0 fully saturated rings. The van der Waals surface area contributed by atoms with Crippen molar-refractivity contribution in [2.75, 3.05) is 7.05 Å². The van der Waals surface area contributed by atoms with Crippen LogP contribution in [0.25, 0.3) is 17.1 Å². The lowest BCUT2D eigenvalue weighted by Gasteiger charge is -2.14. The molecule has 0 aliphatic heterocycles. The van der Waals surface area contributed by atoms with Crippen LogP contribution in [-0.2, 0) is 13.1 Å². The third-order valence-electron chi connectivity index (χ3n) is 4.00. The molecule has 0 unspecified atom stereocenters. The van der Waals surface area contributed by atoms with Crippen LogP contribution in [0.1, 0.15) is 22.0 Å². The van der Waals surface area contributed by atoms with Crippen LogP contribution in [-0.4, -0.2) is 31.8 Å². The Hall–Kier alpha value is -2.83. The predicted octanol–water partition coefficient (Wildman–Crippen LogP) is 3.99. The quantitative estimate of drug-likeness (QED) is 0.521. The molecule has 0 aliphatic rings. The molecule has 6 heteroatoms. The number of benzene rings is 2. The van der Waals surface area contributed by atoms with Crippen LogP contribution >= 0.6 is 11.3 Å². The van der Waals surface area contributed by atoms with Gasteiger partial charge in [-0.2, -0.15) is 9.61 Å². The first-order valence-corrected chi connectivity index (χ1v) is 9.26. The number of nitrogens with zero attached hydrogens (tertiary/aromatic N) is 5. The van der Waals surface area contributed by atoms with Crippen LogP contribution in [0.3, 0.4) is 0 Å². The lowest BCUT2D eigenvalue weighted by molar-refractivity contribution is 0.308. The minimum absolute atomic E-state index is 0.696. The summed E-state index contributed by atoms with van der Waals surface area (Å²) in [5.41, 5.74) is 2.43. The third kappa shape index (κ3) is 3.87. The maximum Gasteiger partial charge on any atom is 0.235 e. The summed E-state index contributed by atoms with van der Waals surface area (Å²) in [4.78, 5) is 3.03. The lowest BCUT2D eigenvalue weighted by Crippen LogP contribution is -2.19. The molecule has 0 spiro atoms. The summed E-state index contributed by atoms with van der Waals surface area (Å²) in [5.74, 6) is 0.856. The average Bonchev–Trinajstić information content (AvgIpc) is 3.23. The van der Waals surface area contributed by atoms with Gasteiger partial charge in [-0.05, 0) is 24.3 Å². The Morgan fingerprint density at radius 2 is 1.65 bits per heavy atom. The molecule has 130 valence electrons. The summed E-state index contributed by atoms with van der Waals surface area (Å²) in [7, 11) is 2.08. The first-order chi connectivity index (χ1) is 12.8. The Bertz CT molecular complexity index is 1000. The molecule has 0 radical (unpaired) electrons. The second-order valence-electron chi connectivity index (χ2n) is 6.15. The third-order valence-corrected chi connectivity index (χ3v) is 4.86. The Morgan fingerprint density at radius 3 is 2.42 bits per heavy atom. The van der Waals surface area contributed by atoms with Gasteiger partial charge in [0, 0.05) is 6.54 Å². The Balaban J connectivity index is 1.48. The van der Waals surface area contributed by atoms with Gasteiger partial charge in [-0.1, -0.05) is 78.1 Å². The van der Waals surface area contributed by atoms with Crippen LogP contribution < -0.4 is 0 Å². The number of hydrogen-bond donors (Lipinski definition) is 0. The molecule has 4 aromatic rings. The van der Waals surface area contributed by atoms with E-state index in [1.54, 1.807) is 11.3 Å². The van der Waals surface area contributed by atoms with Crippen molar-refractivity contribution in [2.24, 2.45) is 0 Å². The van der Waals surface area contributed by atoms with E-state index in [9.17, 15) is 0 Å². The van der Waals surface area contributed by atoms with Crippen molar-refractivity contribution in [1.29, 1.82) is 0 Å². The zero-order valence-corrected chi connectivity index (χ0v) is 15.3. The minimum atomic E-state index is 0.696. The molecule has 0 saturated carbocycles. The topological polar surface area (TPSA) is 46.3 Å². The molecule has 4 rings (SSSR count). The average molecular weight is 361 g/mol. The molecule has 5 nitrogen and oxygen atoms in total. The number of hydrogen-bond acceptors (Lipinski definition) is 5. The second kappa shape index (κ2) is 7.59. The van der Waals surface area contributed by atoms with E-state index in [1.807, 2.05) is 34.9 Å². The zero-order valence-electron chi connectivity index (χ0n) is 14.5. The van der Waals surface area contributed by atoms with Crippen LogP contribution in [0, 0.1) is 0 Å². The van der Waals surface area contributed by atoms with Gasteiger partial charge in [0.05, 0.1) is 6.54 Å². The zero-order chi connectivity index (χ0) is 17.8. The van der Waals surface area contributed by atoms with Crippen LogP contribution in [0.4, 0.5) is 0 Å².